The summed E-state index contributed by atoms with van der Waals surface area (Å²) in [6.07, 6.45) is 15.7. The van der Waals surface area contributed by atoms with Gasteiger partial charge in [-0.2, -0.15) is 4.99 Å². The van der Waals surface area contributed by atoms with Crippen molar-refractivity contribution in [2.75, 3.05) is 7.05 Å². The number of amidine groups is 1. The van der Waals surface area contributed by atoms with Crippen molar-refractivity contribution >= 4 is 5.84 Å². The van der Waals surface area contributed by atoms with Gasteiger partial charge in [-0.25, -0.2) is 0 Å². The Labute approximate surface area is 97.7 Å². The molecular weight excluding hydrogens is 196 g/mol. The van der Waals surface area contributed by atoms with Crippen LogP contribution in [0.3, 0.4) is 0 Å². The summed E-state index contributed by atoms with van der Waals surface area (Å²) in [5.41, 5.74) is 0.818. The molecule has 0 spiro atoms. The molecule has 2 nitrogen and oxygen atoms in total. The Morgan fingerprint density at radius 1 is 1.31 bits per heavy atom. The van der Waals surface area contributed by atoms with E-state index >= 15 is 0 Å². The second-order valence-corrected chi connectivity index (χ2v) is 2.80. The summed E-state index contributed by atoms with van der Waals surface area (Å²) in [5.74, 6) is 0.626. The maximum Gasteiger partial charge on any atom is 0.150 e. The van der Waals surface area contributed by atoms with Gasteiger partial charge in [0, 0.05) is 18.7 Å². The second kappa shape index (κ2) is 8.07. The number of likely N-dealkylation sites (N-methyl/N-ethyl adjacent to an activating group) is 1. The van der Waals surface area contributed by atoms with Crippen molar-refractivity contribution in [1.82, 2.24) is 4.90 Å². The number of hydrogen-bond donors (Lipinski definition) is 0. The highest BCUT2D eigenvalue weighted by Gasteiger charge is 2.05. The van der Waals surface area contributed by atoms with Crippen molar-refractivity contribution < 1.29 is 0 Å². The van der Waals surface area contributed by atoms with Gasteiger partial charge in [-0.05, 0) is 6.20 Å². The third-order valence-electron chi connectivity index (χ3n) is 1.78. The molecule has 2 heteroatoms. The van der Waals surface area contributed by atoms with Gasteiger partial charge in [0.2, 0.25) is 0 Å². The van der Waals surface area contributed by atoms with Crippen molar-refractivity contribution in [2.45, 2.75) is 0 Å². The zero-order chi connectivity index (χ0) is 12.4. The molecule has 0 aromatic rings. The third kappa shape index (κ3) is 4.30. The number of hydrogen-bond acceptors (Lipinski definition) is 1. The fourth-order valence-electron chi connectivity index (χ4n) is 0.966. The van der Waals surface area contributed by atoms with Crippen LogP contribution in [0.25, 0.3) is 0 Å². The highest BCUT2D eigenvalue weighted by atomic mass is 15.1. The van der Waals surface area contributed by atoms with Crippen LogP contribution in [0.1, 0.15) is 0 Å². The molecule has 0 unspecified atom stereocenters. The molecule has 0 atom stereocenters. The normalized spacial score (nSPS) is 12.0. The summed E-state index contributed by atoms with van der Waals surface area (Å²) >= 11 is 0. The smallest absolute Gasteiger partial charge is 0.150 e. The maximum atomic E-state index is 5.18. The Balaban J connectivity index is 5.25. The van der Waals surface area contributed by atoms with Gasteiger partial charge in [-0.1, -0.05) is 56.5 Å². The number of rotatable bonds is 5. The summed E-state index contributed by atoms with van der Waals surface area (Å²) < 4.78 is 0. The van der Waals surface area contributed by atoms with Crippen molar-refractivity contribution in [3.8, 4) is 12.5 Å². The van der Waals surface area contributed by atoms with Crippen molar-refractivity contribution in [3.63, 3.8) is 0 Å². The van der Waals surface area contributed by atoms with E-state index in [1.165, 1.54) is 0 Å². The molecule has 0 aromatic heterocycles. The summed E-state index contributed by atoms with van der Waals surface area (Å²) in [5, 5.41) is 0. The molecule has 0 saturated heterocycles. The summed E-state index contributed by atoms with van der Waals surface area (Å²) in [6.45, 7) is 11.0. The molecule has 0 bridgehead atoms. The fraction of sp³-hybridized carbons (Fsp3) is 0.0714. The first-order valence-corrected chi connectivity index (χ1v) is 4.72. The lowest BCUT2D eigenvalue weighted by molar-refractivity contribution is 0.692. The molecular formula is C14H16N2. The molecule has 0 saturated carbocycles. The van der Waals surface area contributed by atoms with Crippen LogP contribution in [0.4, 0.5) is 0 Å². The van der Waals surface area contributed by atoms with Crippen molar-refractivity contribution in [2.24, 2.45) is 4.99 Å². The van der Waals surface area contributed by atoms with Crippen LogP contribution >= 0.6 is 0 Å². The summed E-state index contributed by atoms with van der Waals surface area (Å²) in [7, 11) is 1.82. The van der Waals surface area contributed by atoms with Crippen LogP contribution in [0.15, 0.2) is 66.9 Å². The van der Waals surface area contributed by atoms with E-state index in [4.69, 9.17) is 6.42 Å². The first kappa shape index (κ1) is 13.7. The first-order valence-electron chi connectivity index (χ1n) is 4.72. The molecule has 0 aromatic carbocycles. The molecule has 0 heterocycles. The van der Waals surface area contributed by atoms with Gasteiger partial charge >= 0.3 is 0 Å². The number of terminal acetylenes is 1. The topological polar surface area (TPSA) is 15.6 Å². The van der Waals surface area contributed by atoms with Crippen LogP contribution < -0.4 is 0 Å². The van der Waals surface area contributed by atoms with Crippen LogP contribution in [-0.2, 0) is 0 Å². The van der Waals surface area contributed by atoms with Crippen LogP contribution in [0.5, 0.6) is 0 Å². The van der Waals surface area contributed by atoms with E-state index in [0.717, 1.165) is 5.57 Å². The molecule has 0 rings (SSSR count). The molecule has 0 radical (unpaired) electrons. The number of nitrogens with zero attached hydrogens (tertiary/aromatic N) is 2. The van der Waals surface area contributed by atoms with E-state index < -0.39 is 0 Å². The minimum atomic E-state index is 0.626. The van der Waals surface area contributed by atoms with Crippen molar-refractivity contribution in [1.29, 1.82) is 0 Å². The Morgan fingerprint density at radius 3 is 2.44 bits per heavy atom. The number of aliphatic imine (C=N–C) groups is 1. The average Bonchev–Trinajstić information content (AvgIpc) is 2.31. The second-order valence-electron chi connectivity index (χ2n) is 2.80. The molecule has 0 aliphatic heterocycles. The Bertz CT molecular complexity index is 389. The lowest BCUT2D eigenvalue weighted by Crippen LogP contribution is -2.21. The van der Waals surface area contributed by atoms with E-state index in [-0.39, 0.29) is 0 Å². The first-order chi connectivity index (χ1) is 7.71. The fourth-order valence-corrected chi connectivity index (χ4v) is 0.966. The lowest BCUT2D eigenvalue weighted by atomic mass is 10.2. The van der Waals surface area contributed by atoms with E-state index in [1.807, 2.05) is 25.3 Å². The van der Waals surface area contributed by atoms with E-state index in [2.05, 4.69) is 30.8 Å². The predicted molar refractivity (Wildman–Crippen MR) is 71.8 cm³/mol. The van der Waals surface area contributed by atoms with Gasteiger partial charge in [0.05, 0.1) is 0 Å². The molecule has 82 valence electrons. The largest absolute Gasteiger partial charge is 0.336 e. The van der Waals surface area contributed by atoms with E-state index in [9.17, 15) is 0 Å². The molecule has 0 N–H and O–H groups in total. The van der Waals surface area contributed by atoms with Crippen LogP contribution in [0.2, 0.25) is 0 Å². The van der Waals surface area contributed by atoms with E-state index in [1.54, 1.807) is 23.3 Å². The summed E-state index contributed by atoms with van der Waals surface area (Å²) in [4.78, 5) is 5.68. The van der Waals surface area contributed by atoms with Crippen molar-refractivity contribution in [3.05, 3.63) is 61.9 Å². The molecule has 0 fully saturated rings. The van der Waals surface area contributed by atoms with Crippen LogP contribution in [0, 0.1) is 12.5 Å². The van der Waals surface area contributed by atoms with Crippen LogP contribution in [-0.4, -0.2) is 17.8 Å². The zero-order valence-corrected chi connectivity index (χ0v) is 9.56. The Hall–Kier alpha value is -2.27. The molecule has 0 aliphatic rings. The standard InChI is InChI=1S/C14H16N2/c1-6-10-11-12-13(7-2)14(15-8-3)16(5)9-4/h3,6-7,9-12H,1-2,4H2,5H3/b11-10-,13-12+,15-14?. The van der Waals surface area contributed by atoms with E-state index in [0.29, 0.717) is 5.84 Å². The van der Waals surface area contributed by atoms with Gasteiger partial charge in [-0.15, -0.1) is 0 Å². The lowest BCUT2D eigenvalue weighted by Gasteiger charge is -2.15. The Morgan fingerprint density at radius 2 is 2.00 bits per heavy atom. The predicted octanol–water partition coefficient (Wildman–Crippen LogP) is 2.91. The summed E-state index contributed by atoms with van der Waals surface area (Å²) in [6, 6.07) is 2.25. The zero-order valence-electron chi connectivity index (χ0n) is 9.56. The maximum absolute atomic E-state index is 5.18. The molecule has 0 aliphatic carbocycles. The van der Waals surface area contributed by atoms with Gasteiger partial charge < -0.3 is 4.90 Å². The highest BCUT2D eigenvalue weighted by Crippen LogP contribution is 2.05. The minimum absolute atomic E-state index is 0.626. The minimum Gasteiger partial charge on any atom is -0.336 e. The van der Waals surface area contributed by atoms with Gasteiger partial charge in [0.25, 0.3) is 0 Å². The number of allylic oxidation sites excluding steroid dienone is 4. The quantitative estimate of drug-likeness (QED) is 0.296. The van der Waals surface area contributed by atoms with Gasteiger partial charge in [0.1, 0.15) is 5.84 Å². The molecule has 0 amide bonds. The van der Waals surface area contributed by atoms with Gasteiger partial charge in [-0.3, -0.25) is 0 Å². The highest BCUT2D eigenvalue weighted by molar-refractivity contribution is 6.01. The monoisotopic (exact) mass is 212 g/mol. The average molecular weight is 212 g/mol. The van der Waals surface area contributed by atoms with Gasteiger partial charge in [0.15, 0.2) is 0 Å². The SMILES string of the molecule is C#CN=C(/C(C=C)=C/C=C\C=C)N(C)C=C. The molecule has 16 heavy (non-hydrogen) atoms. The third-order valence-corrected chi connectivity index (χ3v) is 1.78. The Kier molecular flexibility index (Phi) is 6.93.